The molecule has 1 N–H and O–H groups in total. The SMILES string of the molecule is CNCCOS(=O)(=O)[O-]. The molecule has 0 saturated carbocycles. The molecule has 0 atom stereocenters. The van der Waals surface area contributed by atoms with Crippen LogP contribution in [0, 0.1) is 0 Å². The van der Waals surface area contributed by atoms with Crippen molar-refractivity contribution in [2.24, 2.45) is 0 Å². The lowest BCUT2D eigenvalue weighted by Gasteiger charge is -2.05. The van der Waals surface area contributed by atoms with E-state index in [-0.39, 0.29) is 6.61 Å². The quantitative estimate of drug-likeness (QED) is 0.309. The third-order valence-corrected chi connectivity index (χ3v) is 1.04. The molecule has 0 amide bonds. The summed E-state index contributed by atoms with van der Waals surface area (Å²) < 4.78 is 32.9. The summed E-state index contributed by atoms with van der Waals surface area (Å²) in [7, 11) is -2.86. The fraction of sp³-hybridized carbons (Fsp3) is 1.00. The van der Waals surface area contributed by atoms with Gasteiger partial charge in [0.2, 0.25) is 10.4 Å². The van der Waals surface area contributed by atoms with Crippen LogP contribution in [0.15, 0.2) is 0 Å². The summed E-state index contributed by atoms with van der Waals surface area (Å²) in [6.45, 7) is 0.240. The van der Waals surface area contributed by atoms with Crippen LogP contribution in [0.25, 0.3) is 0 Å². The van der Waals surface area contributed by atoms with E-state index in [2.05, 4.69) is 9.50 Å². The van der Waals surface area contributed by atoms with E-state index in [1.54, 1.807) is 7.05 Å². The zero-order valence-electron chi connectivity index (χ0n) is 4.96. The fourth-order valence-corrected chi connectivity index (χ4v) is 0.533. The highest BCUT2D eigenvalue weighted by Crippen LogP contribution is 1.81. The van der Waals surface area contributed by atoms with Crippen molar-refractivity contribution in [3.63, 3.8) is 0 Å². The standard InChI is InChI=1S/C3H9NO4S/c1-4-2-3-8-9(5,6)7/h4H,2-3H2,1H3,(H,5,6,7)/p-1. The molecule has 0 aliphatic heterocycles. The van der Waals surface area contributed by atoms with Crippen molar-refractivity contribution in [3.8, 4) is 0 Å². The molecular formula is C3H8NO4S-. The van der Waals surface area contributed by atoms with Crippen molar-refractivity contribution in [3.05, 3.63) is 0 Å². The summed E-state index contributed by atoms with van der Waals surface area (Å²) in [6, 6.07) is 0. The van der Waals surface area contributed by atoms with E-state index in [1.807, 2.05) is 0 Å². The maximum atomic E-state index is 9.70. The second-order valence-electron chi connectivity index (χ2n) is 1.33. The second-order valence-corrected chi connectivity index (χ2v) is 2.39. The minimum absolute atomic E-state index is 0.109. The van der Waals surface area contributed by atoms with Gasteiger partial charge in [0.25, 0.3) is 0 Å². The highest BCUT2D eigenvalue weighted by atomic mass is 32.3. The minimum Gasteiger partial charge on any atom is -0.726 e. The third kappa shape index (κ3) is 7.83. The van der Waals surface area contributed by atoms with Crippen LogP contribution >= 0.6 is 0 Å². The summed E-state index contributed by atoms with van der Waals surface area (Å²) in [6.07, 6.45) is 0. The molecule has 0 heterocycles. The molecule has 0 fully saturated rings. The van der Waals surface area contributed by atoms with Crippen molar-refractivity contribution in [2.45, 2.75) is 0 Å². The maximum Gasteiger partial charge on any atom is 0.217 e. The lowest BCUT2D eigenvalue weighted by atomic mass is 10.7. The monoisotopic (exact) mass is 154 g/mol. The molecule has 56 valence electrons. The van der Waals surface area contributed by atoms with Gasteiger partial charge < -0.3 is 9.87 Å². The van der Waals surface area contributed by atoms with Gasteiger partial charge in [0.15, 0.2) is 0 Å². The van der Waals surface area contributed by atoms with Gasteiger partial charge >= 0.3 is 0 Å². The molecule has 0 radical (unpaired) electrons. The Kier molecular flexibility index (Phi) is 3.71. The Bertz CT molecular complexity index is 151. The molecule has 0 aliphatic carbocycles. The van der Waals surface area contributed by atoms with E-state index in [0.717, 1.165) is 0 Å². The van der Waals surface area contributed by atoms with Crippen LogP contribution in [0.4, 0.5) is 0 Å². The summed E-state index contributed by atoms with van der Waals surface area (Å²) >= 11 is 0. The largest absolute Gasteiger partial charge is 0.726 e. The van der Waals surface area contributed by atoms with E-state index in [4.69, 9.17) is 0 Å². The molecule has 6 heteroatoms. The first-order valence-electron chi connectivity index (χ1n) is 2.31. The Balaban J connectivity index is 3.30. The molecule has 0 aromatic rings. The Morgan fingerprint density at radius 3 is 2.56 bits per heavy atom. The lowest BCUT2D eigenvalue weighted by molar-refractivity contribution is 0.263. The number of nitrogens with one attached hydrogen (secondary N) is 1. The van der Waals surface area contributed by atoms with Gasteiger partial charge in [-0.2, -0.15) is 0 Å². The molecule has 0 unspecified atom stereocenters. The average molecular weight is 154 g/mol. The van der Waals surface area contributed by atoms with E-state index in [1.165, 1.54) is 0 Å². The number of rotatable bonds is 4. The molecule has 5 nitrogen and oxygen atoms in total. The molecule has 0 aromatic heterocycles. The number of hydrogen-bond acceptors (Lipinski definition) is 5. The van der Waals surface area contributed by atoms with E-state index >= 15 is 0 Å². The number of likely N-dealkylation sites (N-methyl/N-ethyl adjacent to an activating group) is 1. The first kappa shape index (κ1) is 8.83. The van der Waals surface area contributed by atoms with Gasteiger partial charge in [-0.25, -0.2) is 8.42 Å². The van der Waals surface area contributed by atoms with Crippen LogP contribution in [0.5, 0.6) is 0 Å². The van der Waals surface area contributed by atoms with Gasteiger partial charge in [0, 0.05) is 6.54 Å². The van der Waals surface area contributed by atoms with Crippen LogP contribution in [0.2, 0.25) is 0 Å². The first-order valence-corrected chi connectivity index (χ1v) is 3.64. The highest BCUT2D eigenvalue weighted by Gasteiger charge is 1.90. The van der Waals surface area contributed by atoms with Gasteiger partial charge in [-0.15, -0.1) is 0 Å². The van der Waals surface area contributed by atoms with Crippen molar-refractivity contribution in [1.82, 2.24) is 5.32 Å². The molecule has 0 rings (SSSR count). The zero-order valence-corrected chi connectivity index (χ0v) is 5.77. The molecule has 0 aliphatic rings. The summed E-state index contributed by atoms with van der Waals surface area (Å²) in [4.78, 5) is 0. The van der Waals surface area contributed by atoms with Crippen molar-refractivity contribution in [2.75, 3.05) is 20.2 Å². The van der Waals surface area contributed by atoms with E-state index in [0.29, 0.717) is 6.54 Å². The van der Waals surface area contributed by atoms with Crippen LogP contribution in [-0.2, 0) is 14.6 Å². The van der Waals surface area contributed by atoms with Crippen LogP contribution in [0.1, 0.15) is 0 Å². The highest BCUT2D eigenvalue weighted by molar-refractivity contribution is 7.80. The number of hydrogen-bond donors (Lipinski definition) is 1. The average Bonchev–Trinajstić information content (AvgIpc) is 1.63. The molecule has 9 heavy (non-hydrogen) atoms. The summed E-state index contributed by atoms with van der Waals surface area (Å²) in [5, 5.41) is 2.61. The fourth-order valence-electron chi connectivity index (χ4n) is 0.246. The van der Waals surface area contributed by atoms with Gasteiger partial charge in [-0.05, 0) is 7.05 Å². The van der Waals surface area contributed by atoms with Crippen molar-refractivity contribution in [1.29, 1.82) is 0 Å². The van der Waals surface area contributed by atoms with Crippen molar-refractivity contribution >= 4 is 10.4 Å². The molecule has 0 bridgehead atoms. The van der Waals surface area contributed by atoms with Crippen LogP contribution < -0.4 is 5.32 Å². The van der Waals surface area contributed by atoms with E-state index in [9.17, 15) is 13.0 Å². The smallest absolute Gasteiger partial charge is 0.217 e. The van der Waals surface area contributed by atoms with Crippen molar-refractivity contribution < 1.29 is 17.2 Å². The normalized spacial score (nSPS) is 11.8. The predicted molar refractivity (Wildman–Crippen MR) is 29.6 cm³/mol. The second kappa shape index (κ2) is 3.78. The minimum atomic E-state index is -4.49. The molecule has 0 saturated heterocycles. The topological polar surface area (TPSA) is 78.5 Å². The predicted octanol–water partition coefficient (Wildman–Crippen LogP) is -1.32. The Morgan fingerprint density at radius 2 is 2.22 bits per heavy atom. The Hall–Kier alpha value is -0.170. The third-order valence-electron chi connectivity index (χ3n) is 0.580. The first-order chi connectivity index (χ1) is 4.06. The molecule has 0 aromatic carbocycles. The van der Waals surface area contributed by atoms with Crippen LogP contribution in [-0.4, -0.2) is 33.2 Å². The zero-order chi connectivity index (χ0) is 7.33. The summed E-state index contributed by atoms with van der Waals surface area (Å²) in [5.41, 5.74) is 0. The van der Waals surface area contributed by atoms with Gasteiger partial charge in [-0.1, -0.05) is 0 Å². The molecular weight excluding hydrogens is 146 g/mol. The Labute approximate surface area is 54.0 Å². The summed E-state index contributed by atoms with van der Waals surface area (Å²) in [5.74, 6) is 0. The lowest BCUT2D eigenvalue weighted by Crippen LogP contribution is -2.16. The molecule has 0 spiro atoms. The van der Waals surface area contributed by atoms with Gasteiger partial charge in [-0.3, -0.25) is 4.18 Å². The van der Waals surface area contributed by atoms with Gasteiger partial charge in [0.05, 0.1) is 6.61 Å². The Morgan fingerprint density at radius 1 is 1.67 bits per heavy atom. The maximum absolute atomic E-state index is 9.70. The van der Waals surface area contributed by atoms with E-state index < -0.39 is 10.4 Å². The van der Waals surface area contributed by atoms with Crippen LogP contribution in [0.3, 0.4) is 0 Å². The van der Waals surface area contributed by atoms with Gasteiger partial charge in [0.1, 0.15) is 0 Å².